The fraction of sp³-hybridized carbons (Fsp3) is 0.636. The van der Waals surface area contributed by atoms with E-state index in [0.717, 1.165) is 25.7 Å². The first kappa shape index (κ1) is 10.2. The lowest BCUT2D eigenvalue weighted by atomic mass is 9.95. The minimum absolute atomic E-state index is 0.238. The molecule has 1 aromatic rings. The molecule has 1 saturated carbocycles. The van der Waals surface area contributed by atoms with Crippen LogP contribution in [0.5, 0.6) is 0 Å². The van der Waals surface area contributed by atoms with Crippen LogP contribution in [0.4, 0.5) is 0 Å². The molecule has 4 nitrogen and oxygen atoms in total. The van der Waals surface area contributed by atoms with Gasteiger partial charge < -0.3 is 9.63 Å². The van der Waals surface area contributed by atoms with Crippen LogP contribution >= 0.6 is 0 Å². The predicted molar refractivity (Wildman–Crippen MR) is 53.9 cm³/mol. The van der Waals surface area contributed by atoms with E-state index < -0.39 is 5.97 Å². The normalized spacial score (nSPS) is 18.7. The summed E-state index contributed by atoms with van der Waals surface area (Å²) in [5.74, 6) is -0.110. The largest absolute Gasteiger partial charge is 0.478 e. The topological polar surface area (TPSA) is 63.3 Å². The average Bonchev–Trinajstić information content (AvgIpc) is 2.55. The summed E-state index contributed by atoms with van der Waals surface area (Å²) < 4.78 is 5.09. The molecule has 0 spiro atoms. The zero-order valence-electron chi connectivity index (χ0n) is 8.61. The van der Waals surface area contributed by atoms with E-state index in [2.05, 4.69) is 5.16 Å². The van der Waals surface area contributed by atoms with Crippen molar-refractivity contribution >= 4 is 5.97 Å². The van der Waals surface area contributed by atoms with Gasteiger partial charge in [0.25, 0.3) is 0 Å². The quantitative estimate of drug-likeness (QED) is 0.761. The third kappa shape index (κ3) is 2.19. The van der Waals surface area contributed by atoms with E-state index in [1.165, 1.54) is 19.0 Å². The van der Waals surface area contributed by atoms with E-state index >= 15 is 0 Å². The number of aromatic nitrogens is 1. The van der Waals surface area contributed by atoms with Crippen molar-refractivity contribution in [3.8, 4) is 0 Å². The van der Waals surface area contributed by atoms with Gasteiger partial charge in [-0.1, -0.05) is 30.8 Å². The Bertz CT molecular complexity index is 337. The average molecular weight is 209 g/mol. The Hall–Kier alpha value is -1.32. The van der Waals surface area contributed by atoms with E-state index in [4.69, 9.17) is 9.63 Å². The summed E-state index contributed by atoms with van der Waals surface area (Å²) in [7, 11) is 0. The summed E-state index contributed by atoms with van der Waals surface area (Å²) in [5, 5.41) is 12.5. The molecule has 2 rings (SSSR count). The van der Waals surface area contributed by atoms with Crippen LogP contribution in [0, 0.1) is 0 Å². The lowest BCUT2D eigenvalue weighted by Crippen LogP contribution is -2.04. The number of nitrogens with zero attached hydrogens (tertiary/aromatic N) is 1. The highest BCUT2D eigenvalue weighted by molar-refractivity contribution is 5.88. The maximum absolute atomic E-state index is 10.9. The summed E-state index contributed by atoms with van der Waals surface area (Å²) in [6.45, 7) is 0. The van der Waals surface area contributed by atoms with Gasteiger partial charge in [-0.3, -0.25) is 0 Å². The lowest BCUT2D eigenvalue weighted by molar-refractivity contribution is 0.0693. The maximum Gasteiger partial charge on any atom is 0.340 e. The van der Waals surface area contributed by atoms with Crippen molar-refractivity contribution in [2.24, 2.45) is 0 Å². The van der Waals surface area contributed by atoms with E-state index in [1.54, 1.807) is 0 Å². The van der Waals surface area contributed by atoms with Gasteiger partial charge in [0, 0.05) is 5.92 Å². The van der Waals surface area contributed by atoms with Crippen LogP contribution in [0.15, 0.2) is 10.7 Å². The van der Waals surface area contributed by atoms with Crippen molar-refractivity contribution in [1.29, 1.82) is 0 Å². The molecule has 0 unspecified atom stereocenters. The summed E-state index contributed by atoms with van der Waals surface area (Å²) >= 11 is 0. The highest BCUT2D eigenvalue weighted by Crippen LogP contribution is 2.33. The number of aromatic carboxylic acids is 1. The summed E-state index contributed by atoms with van der Waals surface area (Å²) in [6.07, 6.45) is 8.16. The van der Waals surface area contributed by atoms with Crippen LogP contribution in [-0.2, 0) is 0 Å². The van der Waals surface area contributed by atoms with Gasteiger partial charge in [-0.2, -0.15) is 0 Å². The summed E-state index contributed by atoms with van der Waals surface area (Å²) in [6, 6.07) is 0. The Morgan fingerprint density at radius 2 is 2.00 bits per heavy atom. The standard InChI is InChI=1S/C11H15NO3/c13-11(14)9-7-12-15-10(9)8-5-3-1-2-4-6-8/h7-8H,1-6H2,(H,13,14). The van der Waals surface area contributed by atoms with Crippen LogP contribution in [0.3, 0.4) is 0 Å². The van der Waals surface area contributed by atoms with E-state index in [0.29, 0.717) is 5.76 Å². The molecule has 0 bridgehead atoms. The number of carbonyl (C=O) groups is 1. The van der Waals surface area contributed by atoms with Crippen LogP contribution in [0.25, 0.3) is 0 Å². The van der Waals surface area contributed by atoms with Gasteiger partial charge in [-0.15, -0.1) is 0 Å². The SMILES string of the molecule is O=C(O)c1cnoc1C1CCCCCC1. The second-order valence-corrected chi connectivity index (χ2v) is 4.10. The molecule has 4 heteroatoms. The molecule has 0 amide bonds. The van der Waals surface area contributed by atoms with Crippen LogP contribution in [-0.4, -0.2) is 16.2 Å². The Labute approximate surface area is 88.3 Å². The third-order valence-corrected chi connectivity index (χ3v) is 3.05. The first-order valence-corrected chi connectivity index (χ1v) is 5.47. The summed E-state index contributed by atoms with van der Waals surface area (Å²) in [4.78, 5) is 10.9. The highest BCUT2D eigenvalue weighted by atomic mass is 16.5. The minimum atomic E-state index is -0.935. The number of rotatable bonds is 2. The Morgan fingerprint density at radius 3 is 2.60 bits per heavy atom. The van der Waals surface area contributed by atoms with Crippen molar-refractivity contribution in [1.82, 2.24) is 5.16 Å². The monoisotopic (exact) mass is 209 g/mol. The molecule has 0 radical (unpaired) electrons. The molecular formula is C11H15NO3. The minimum Gasteiger partial charge on any atom is -0.478 e. The third-order valence-electron chi connectivity index (χ3n) is 3.05. The fourth-order valence-electron chi connectivity index (χ4n) is 2.25. The molecule has 1 fully saturated rings. The van der Waals surface area contributed by atoms with E-state index in [1.807, 2.05) is 0 Å². The van der Waals surface area contributed by atoms with Gasteiger partial charge in [0.1, 0.15) is 5.56 Å². The molecule has 0 aromatic carbocycles. The predicted octanol–water partition coefficient (Wildman–Crippen LogP) is 2.81. The van der Waals surface area contributed by atoms with Crippen molar-refractivity contribution in [3.63, 3.8) is 0 Å². The highest BCUT2D eigenvalue weighted by Gasteiger charge is 2.24. The van der Waals surface area contributed by atoms with Gasteiger partial charge in [-0.25, -0.2) is 4.79 Å². The Balaban J connectivity index is 2.19. The molecule has 1 N–H and O–H groups in total. The maximum atomic E-state index is 10.9. The number of hydrogen-bond acceptors (Lipinski definition) is 3. The smallest absolute Gasteiger partial charge is 0.340 e. The van der Waals surface area contributed by atoms with Crippen molar-refractivity contribution < 1.29 is 14.4 Å². The second kappa shape index (κ2) is 4.47. The molecule has 15 heavy (non-hydrogen) atoms. The van der Waals surface area contributed by atoms with Gasteiger partial charge >= 0.3 is 5.97 Å². The van der Waals surface area contributed by atoms with E-state index in [9.17, 15) is 4.79 Å². The van der Waals surface area contributed by atoms with Gasteiger partial charge in [0.2, 0.25) is 0 Å². The molecule has 0 aliphatic heterocycles. The first-order valence-electron chi connectivity index (χ1n) is 5.47. The van der Waals surface area contributed by atoms with Crippen molar-refractivity contribution in [2.45, 2.75) is 44.4 Å². The molecule has 1 aliphatic carbocycles. The number of hydrogen-bond donors (Lipinski definition) is 1. The zero-order chi connectivity index (χ0) is 10.7. The van der Waals surface area contributed by atoms with Gasteiger partial charge in [0.05, 0.1) is 6.20 Å². The molecule has 1 aliphatic rings. The van der Waals surface area contributed by atoms with E-state index in [-0.39, 0.29) is 11.5 Å². The van der Waals surface area contributed by atoms with Crippen LogP contribution in [0.2, 0.25) is 0 Å². The van der Waals surface area contributed by atoms with Crippen LogP contribution < -0.4 is 0 Å². The Morgan fingerprint density at radius 1 is 1.33 bits per heavy atom. The van der Waals surface area contributed by atoms with Crippen LogP contribution in [0.1, 0.15) is 60.6 Å². The second-order valence-electron chi connectivity index (χ2n) is 4.10. The van der Waals surface area contributed by atoms with Crippen molar-refractivity contribution in [3.05, 3.63) is 17.5 Å². The first-order chi connectivity index (χ1) is 7.29. The molecular weight excluding hydrogens is 194 g/mol. The molecule has 1 aromatic heterocycles. The molecule has 82 valence electrons. The zero-order valence-corrected chi connectivity index (χ0v) is 8.61. The number of carboxylic acid groups (broad SMARTS) is 1. The number of carboxylic acids is 1. The van der Waals surface area contributed by atoms with Crippen molar-refractivity contribution in [2.75, 3.05) is 0 Å². The fourth-order valence-corrected chi connectivity index (χ4v) is 2.25. The Kier molecular flexibility index (Phi) is 3.04. The van der Waals surface area contributed by atoms with Gasteiger partial charge in [-0.05, 0) is 12.8 Å². The summed E-state index contributed by atoms with van der Waals surface area (Å²) in [5.41, 5.74) is 0.238. The molecule has 1 heterocycles. The van der Waals surface area contributed by atoms with Gasteiger partial charge in [0.15, 0.2) is 5.76 Å². The molecule has 0 saturated heterocycles. The lowest BCUT2D eigenvalue weighted by Gasteiger charge is -2.10. The molecule has 0 atom stereocenters.